The van der Waals surface area contributed by atoms with Gasteiger partial charge in [-0.3, -0.25) is 4.79 Å². The summed E-state index contributed by atoms with van der Waals surface area (Å²) in [4.78, 5) is 20.8. The fourth-order valence-corrected chi connectivity index (χ4v) is 3.74. The number of nitrogen functional groups attached to an aromatic ring is 1. The summed E-state index contributed by atoms with van der Waals surface area (Å²) < 4.78 is 5.33. The number of benzene rings is 1. The molecule has 5 heteroatoms. The van der Waals surface area contributed by atoms with E-state index in [1.807, 2.05) is 0 Å². The largest absolute Gasteiger partial charge is 0.463 e. The van der Waals surface area contributed by atoms with Crippen LogP contribution in [0.15, 0.2) is 53.1 Å². The lowest BCUT2D eigenvalue weighted by molar-refractivity contribution is 0.0974. The first-order valence-corrected chi connectivity index (χ1v) is 9.00. The van der Waals surface area contributed by atoms with E-state index in [1.165, 1.54) is 17.5 Å². The van der Waals surface area contributed by atoms with E-state index in [-0.39, 0.29) is 11.7 Å². The monoisotopic (exact) mass is 347 g/mol. The predicted octanol–water partition coefficient (Wildman–Crippen LogP) is 4.40. The molecule has 1 aliphatic carbocycles. The third kappa shape index (κ3) is 3.38. The zero-order valence-electron chi connectivity index (χ0n) is 14.5. The maximum atomic E-state index is 12.6. The lowest BCUT2D eigenvalue weighted by atomic mass is 9.94. The quantitative estimate of drug-likeness (QED) is 0.668. The van der Waals surface area contributed by atoms with Gasteiger partial charge in [0, 0.05) is 6.42 Å². The summed E-state index contributed by atoms with van der Waals surface area (Å²) in [6, 6.07) is 13.8. The number of ketones is 1. The Morgan fingerprint density at radius 1 is 1.19 bits per heavy atom. The number of fused-ring (bicyclic) bond motifs is 1. The molecule has 0 spiro atoms. The number of aryl methyl sites for hydroxylation is 1. The Bertz CT molecular complexity index is 919. The van der Waals surface area contributed by atoms with Gasteiger partial charge in [0.1, 0.15) is 11.4 Å². The smallest absolute Gasteiger partial charge is 0.221 e. The first-order valence-electron chi connectivity index (χ1n) is 9.00. The topological polar surface area (TPSA) is 82.0 Å². The number of nitrogens with two attached hydrogens (primary N) is 1. The Morgan fingerprint density at radius 3 is 2.92 bits per heavy atom. The van der Waals surface area contributed by atoms with Gasteiger partial charge in [-0.05, 0) is 60.9 Å². The summed E-state index contributed by atoms with van der Waals surface area (Å²) in [6.45, 7) is 0. The number of hydrogen-bond donors (Lipinski definition) is 1. The van der Waals surface area contributed by atoms with Crippen molar-refractivity contribution in [3.63, 3.8) is 0 Å². The highest BCUT2D eigenvalue weighted by Crippen LogP contribution is 2.36. The summed E-state index contributed by atoms with van der Waals surface area (Å²) in [7, 11) is 0. The maximum absolute atomic E-state index is 12.6. The zero-order chi connectivity index (χ0) is 17.9. The number of nitrogens with zero attached hydrogens (tertiary/aromatic N) is 2. The summed E-state index contributed by atoms with van der Waals surface area (Å²) >= 11 is 0. The molecule has 3 aromatic rings. The normalized spacial score (nSPS) is 15.8. The van der Waals surface area contributed by atoms with E-state index in [2.05, 4.69) is 34.2 Å². The molecule has 0 saturated heterocycles. The molecule has 0 unspecified atom stereocenters. The van der Waals surface area contributed by atoms with Crippen molar-refractivity contribution >= 4 is 11.7 Å². The minimum atomic E-state index is -0.00168. The number of aromatic nitrogens is 2. The minimum Gasteiger partial charge on any atom is -0.463 e. The van der Waals surface area contributed by atoms with E-state index >= 15 is 0 Å². The average molecular weight is 347 g/mol. The van der Waals surface area contributed by atoms with Gasteiger partial charge in [0.05, 0.1) is 6.26 Å². The van der Waals surface area contributed by atoms with Gasteiger partial charge < -0.3 is 10.2 Å². The van der Waals surface area contributed by atoms with Gasteiger partial charge in [0.2, 0.25) is 5.95 Å². The molecule has 132 valence electrons. The number of hydrogen-bond acceptors (Lipinski definition) is 5. The zero-order valence-corrected chi connectivity index (χ0v) is 14.5. The van der Waals surface area contributed by atoms with Crippen molar-refractivity contribution < 1.29 is 9.21 Å². The minimum absolute atomic E-state index is 0.00168. The molecule has 26 heavy (non-hydrogen) atoms. The van der Waals surface area contributed by atoms with Crippen LogP contribution in [0.3, 0.4) is 0 Å². The molecular formula is C21H21N3O2. The molecule has 5 nitrogen and oxygen atoms in total. The van der Waals surface area contributed by atoms with Gasteiger partial charge in [-0.15, -0.1) is 0 Å². The lowest BCUT2D eigenvalue weighted by Crippen LogP contribution is -2.07. The van der Waals surface area contributed by atoms with Crippen molar-refractivity contribution in [1.29, 1.82) is 0 Å². The number of anilines is 1. The van der Waals surface area contributed by atoms with Crippen LogP contribution < -0.4 is 5.73 Å². The standard InChI is InChI=1S/C21H21N3O2/c22-21-23-17(13-18(24-21)20-9-4-12-26-20)19(25)8-3-6-15-11-10-14-5-1-2-7-16(14)15/h1-2,4-5,7,9,12-13,15H,3,6,8,10-11H2,(H2,22,23,24)/t15-/m0/s1. The first kappa shape index (κ1) is 16.5. The van der Waals surface area contributed by atoms with Crippen LogP contribution in [0, 0.1) is 0 Å². The van der Waals surface area contributed by atoms with Crippen LogP contribution in [0.4, 0.5) is 5.95 Å². The van der Waals surface area contributed by atoms with E-state index in [0.717, 1.165) is 19.3 Å². The van der Waals surface area contributed by atoms with E-state index < -0.39 is 0 Å². The van der Waals surface area contributed by atoms with Gasteiger partial charge in [0.15, 0.2) is 11.5 Å². The van der Waals surface area contributed by atoms with Gasteiger partial charge >= 0.3 is 0 Å². The molecule has 0 fully saturated rings. The molecule has 2 heterocycles. The fourth-order valence-electron chi connectivity index (χ4n) is 3.74. The second kappa shape index (κ2) is 7.12. The van der Waals surface area contributed by atoms with Gasteiger partial charge in [-0.2, -0.15) is 0 Å². The lowest BCUT2D eigenvalue weighted by Gasteiger charge is -2.11. The molecule has 1 aromatic carbocycles. The Morgan fingerprint density at radius 2 is 2.08 bits per heavy atom. The second-order valence-electron chi connectivity index (χ2n) is 6.72. The summed E-state index contributed by atoms with van der Waals surface area (Å²) in [5.74, 6) is 1.23. The molecule has 0 radical (unpaired) electrons. The SMILES string of the molecule is Nc1nc(C(=O)CCC[C@H]2CCc3ccccc32)cc(-c2ccco2)n1. The number of carbonyl (C=O) groups is 1. The Labute approximate surface area is 152 Å². The van der Waals surface area contributed by atoms with E-state index in [4.69, 9.17) is 10.2 Å². The highest BCUT2D eigenvalue weighted by molar-refractivity contribution is 5.95. The van der Waals surface area contributed by atoms with Crippen LogP contribution in [0.2, 0.25) is 0 Å². The van der Waals surface area contributed by atoms with Crippen LogP contribution in [0.1, 0.15) is 53.2 Å². The van der Waals surface area contributed by atoms with Crippen molar-refractivity contribution in [3.05, 3.63) is 65.5 Å². The number of carbonyl (C=O) groups excluding carboxylic acids is 1. The van der Waals surface area contributed by atoms with Crippen LogP contribution >= 0.6 is 0 Å². The molecule has 0 bridgehead atoms. The summed E-state index contributed by atoms with van der Waals surface area (Å²) in [5, 5.41) is 0. The van der Waals surface area contributed by atoms with Gasteiger partial charge in [-0.1, -0.05) is 24.3 Å². The summed E-state index contributed by atoms with van der Waals surface area (Å²) in [6.07, 6.45) is 6.22. The van der Waals surface area contributed by atoms with Crippen molar-refractivity contribution in [2.45, 2.75) is 38.0 Å². The number of Topliss-reactive ketones (excluding diaryl/α,β-unsaturated/α-hetero) is 1. The van der Waals surface area contributed by atoms with Gasteiger partial charge in [-0.25, -0.2) is 9.97 Å². The van der Waals surface area contributed by atoms with Crippen LogP contribution in [0.25, 0.3) is 11.5 Å². The van der Waals surface area contributed by atoms with Crippen LogP contribution in [0.5, 0.6) is 0 Å². The molecular weight excluding hydrogens is 326 g/mol. The Kier molecular flexibility index (Phi) is 4.52. The molecule has 1 aliphatic rings. The van der Waals surface area contributed by atoms with Crippen LogP contribution in [-0.4, -0.2) is 15.8 Å². The molecule has 1 atom stereocenters. The highest BCUT2D eigenvalue weighted by atomic mass is 16.3. The molecule has 2 aromatic heterocycles. The van der Waals surface area contributed by atoms with Crippen molar-refractivity contribution in [3.8, 4) is 11.5 Å². The van der Waals surface area contributed by atoms with E-state index in [0.29, 0.717) is 29.5 Å². The Hall–Kier alpha value is -2.95. The van der Waals surface area contributed by atoms with E-state index in [1.54, 1.807) is 24.5 Å². The fraction of sp³-hybridized carbons (Fsp3) is 0.286. The molecule has 0 saturated carbocycles. The predicted molar refractivity (Wildman–Crippen MR) is 99.8 cm³/mol. The molecule has 4 rings (SSSR count). The average Bonchev–Trinajstić information content (AvgIpc) is 3.31. The third-order valence-electron chi connectivity index (χ3n) is 5.02. The number of furan rings is 1. The molecule has 2 N–H and O–H groups in total. The molecule has 0 aliphatic heterocycles. The van der Waals surface area contributed by atoms with Crippen LogP contribution in [-0.2, 0) is 6.42 Å². The third-order valence-corrected chi connectivity index (χ3v) is 5.02. The van der Waals surface area contributed by atoms with Crippen molar-refractivity contribution in [2.24, 2.45) is 0 Å². The number of rotatable bonds is 6. The van der Waals surface area contributed by atoms with E-state index in [9.17, 15) is 4.79 Å². The summed E-state index contributed by atoms with van der Waals surface area (Å²) in [5.41, 5.74) is 9.57. The highest BCUT2D eigenvalue weighted by Gasteiger charge is 2.22. The molecule has 0 amide bonds. The van der Waals surface area contributed by atoms with Crippen molar-refractivity contribution in [1.82, 2.24) is 9.97 Å². The second-order valence-corrected chi connectivity index (χ2v) is 6.72. The van der Waals surface area contributed by atoms with Crippen molar-refractivity contribution in [2.75, 3.05) is 5.73 Å². The van der Waals surface area contributed by atoms with Gasteiger partial charge in [0.25, 0.3) is 0 Å². The maximum Gasteiger partial charge on any atom is 0.221 e. The first-order chi connectivity index (χ1) is 12.7. The Balaban J connectivity index is 1.40.